The van der Waals surface area contributed by atoms with Crippen LogP contribution < -0.4 is 0 Å². The van der Waals surface area contributed by atoms with Gasteiger partial charge in [-0.25, -0.2) is 0 Å². The Hall–Kier alpha value is -0.0800. The first kappa shape index (κ1) is 5.69. The first-order valence-electron chi connectivity index (χ1n) is 3.61. The Morgan fingerprint density at radius 2 is 2.33 bits per heavy atom. The lowest BCUT2D eigenvalue weighted by atomic mass is 10.0. The molecule has 52 valence electrons. The highest BCUT2D eigenvalue weighted by molar-refractivity contribution is 4.99. The van der Waals surface area contributed by atoms with Crippen LogP contribution in [0.5, 0.6) is 0 Å². The highest BCUT2D eigenvalue weighted by atomic mass is 16.6. The van der Waals surface area contributed by atoms with Gasteiger partial charge in [0.05, 0.1) is 6.61 Å². The maximum absolute atomic E-state index is 5.41. The fourth-order valence-corrected chi connectivity index (χ4v) is 1.76. The summed E-state index contributed by atoms with van der Waals surface area (Å²) in [4.78, 5) is 2.33. The third-order valence-electron chi connectivity index (χ3n) is 2.75. The Labute approximate surface area is 55.8 Å². The summed E-state index contributed by atoms with van der Waals surface area (Å²) in [6.45, 7) is 4.45. The third-order valence-corrected chi connectivity index (χ3v) is 2.75. The van der Waals surface area contributed by atoms with E-state index in [9.17, 15) is 0 Å². The molecule has 2 aliphatic heterocycles. The molecule has 0 aromatic carbocycles. The molecule has 2 rings (SSSR count). The Morgan fingerprint density at radius 1 is 1.67 bits per heavy atom. The van der Waals surface area contributed by atoms with Gasteiger partial charge in [0.25, 0.3) is 0 Å². The van der Waals surface area contributed by atoms with Crippen LogP contribution in [0.4, 0.5) is 0 Å². The standard InChI is InChI=1S/C7H13NO/c1-6-3-4-8(2)7(6)5-9-7/h6H,3-5H2,1-2H3. The summed E-state index contributed by atoms with van der Waals surface area (Å²) in [5.74, 6) is 0.752. The van der Waals surface area contributed by atoms with Gasteiger partial charge in [-0.05, 0) is 13.5 Å². The van der Waals surface area contributed by atoms with Crippen molar-refractivity contribution in [1.82, 2.24) is 4.90 Å². The number of likely N-dealkylation sites (tertiary alicyclic amines) is 1. The molecule has 0 bridgehead atoms. The number of nitrogens with zero attached hydrogens (tertiary/aromatic N) is 1. The Kier molecular flexibility index (Phi) is 0.945. The van der Waals surface area contributed by atoms with Crippen molar-refractivity contribution < 1.29 is 4.74 Å². The zero-order valence-electron chi connectivity index (χ0n) is 6.05. The minimum absolute atomic E-state index is 0.194. The second-order valence-electron chi connectivity index (χ2n) is 3.24. The molecule has 0 aromatic heterocycles. The van der Waals surface area contributed by atoms with Crippen molar-refractivity contribution in [3.05, 3.63) is 0 Å². The molecule has 0 aromatic rings. The van der Waals surface area contributed by atoms with Crippen LogP contribution in [-0.4, -0.2) is 30.8 Å². The molecule has 2 atom stereocenters. The fraction of sp³-hybridized carbons (Fsp3) is 1.00. The molecule has 2 saturated heterocycles. The molecule has 2 heteroatoms. The lowest BCUT2D eigenvalue weighted by Crippen LogP contribution is -2.31. The van der Waals surface area contributed by atoms with E-state index in [0.29, 0.717) is 0 Å². The Balaban J connectivity index is 2.17. The summed E-state index contributed by atoms with van der Waals surface area (Å²) in [5.41, 5.74) is 0.194. The van der Waals surface area contributed by atoms with Crippen LogP contribution >= 0.6 is 0 Å². The van der Waals surface area contributed by atoms with Crippen molar-refractivity contribution in [1.29, 1.82) is 0 Å². The van der Waals surface area contributed by atoms with E-state index in [2.05, 4.69) is 18.9 Å². The maximum atomic E-state index is 5.41. The van der Waals surface area contributed by atoms with E-state index >= 15 is 0 Å². The number of hydrogen-bond donors (Lipinski definition) is 0. The minimum atomic E-state index is 0.194. The molecule has 2 unspecified atom stereocenters. The van der Waals surface area contributed by atoms with E-state index < -0.39 is 0 Å². The van der Waals surface area contributed by atoms with Crippen molar-refractivity contribution >= 4 is 0 Å². The molecule has 2 heterocycles. The van der Waals surface area contributed by atoms with E-state index in [4.69, 9.17) is 4.74 Å². The first-order chi connectivity index (χ1) is 4.26. The number of ether oxygens (including phenoxy) is 1. The number of epoxide rings is 1. The largest absolute Gasteiger partial charge is 0.353 e. The quantitative estimate of drug-likeness (QED) is 0.445. The average molecular weight is 127 g/mol. The van der Waals surface area contributed by atoms with Gasteiger partial charge in [0.1, 0.15) is 5.72 Å². The smallest absolute Gasteiger partial charge is 0.147 e. The molecule has 0 radical (unpaired) electrons. The van der Waals surface area contributed by atoms with E-state index in [-0.39, 0.29) is 5.72 Å². The fourth-order valence-electron chi connectivity index (χ4n) is 1.76. The van der Waals surface area contributed by atoms with Crippen molar-refractivity contribution in [2.45, 2.75) is 19.1 Å². The Bertz CT molecular complexity index is 119. The van der Waals surface area contributed by atoms with Crippen molar-refractivity contribution in [2.24, 2.45) is 5.92 Å². The average Bonchev–Trinajstić information content (AvgIpc) is 2.56. The van der Waals surface area contributed by atoms with Crippen LogP contribution in [0.3, 0.4) is 0 Å². The summed E-state index contributed by atoms with van der Waals surface area (Å²) < 4.78 is 5.41. The molecule has 1 spiro atoms. The Morgan fingerprint density at radius 3 is 2.56 bits per heavy atom. The van der Waals surface area contributed by atoms with Gasteiger partial charge in [-0.2, -0.15) is 0 Å². The van der Waals surface area contributed by atoms with Crippen LogP contribution in [0.15, 0.2) is 0 Å². The van der Waals surface area contributed by atoms with Gasteiger partial charge in [0, 0.05) is 12.5 Å². The van der Waals surface area contributed by atoms with E-state index in [1.54, 1.807) is 0 Å². The van der Waals surface area contributed by atoms with Crippen LogP contribution in [0.2, 0.25) is 0 Å². The van der Waals surface area contributed by atoms with Gasteiger partial charge in [-0.1, -0.05) is 6.92 Å². The molecule has 9 heavy (non-hydrogen) atoms. The molecule has 2 fully saturated rings. The highest BCUT2D eigenvalue weighted by Gasteiger charge is 2.56. The zero-order chi connectivity index (χ0) is 6.48. The molecule has 0 saturated carbocycles. The summed E-state index contributed by atoms with van der Waals surface area (Å²) >= 11 is 0. The van der Waals surface area contributed by atoms with E-state index in [0.717, 1.165) is 12.5 Å². The van der Waals surface area contributed by atoms with Crippen molar-refractivity contribution in [3.8, 4) is 0 Å². The van der Waals surface area contributed by atoms with Gasteiger partial charge >= 0.3 is 0 Å². The van der Waals surface area contributed by atoms with Crippen LogP contribution in [0.1, 0.15) is 13.3 Å². The van der Waals surface area contributed by atoms with Gasteiger partial charge in [-0.15, -0.1) is 0 Å². The molecule has 2 aliphatic rings. The second-order valence-corrected chi connectivity index (χ2v) is 3.24. The van der Waals surface area contributed by atoms with Gasteiger partial charge in [0.15, 0.2) is 0 Å². The molecule has 0 amide bonds. The molecular formula is C7H13NO. The van der Waals surface area contributed by atoms with E-state index in [1.165, 1.54) is 13.0 Å². The number of likely N-dealkylation sites (N-methyl/N-ethyl adjacent to an activating group) is 1. The van der Waals surface area contributed by atoms with Crippen LogP contribution in [-0.2, 0) is 4.74 Å². The predicted molar refractivity (Wildman–Crippen MR) is 35.1 cm³/mol. The van der Waals surface area contributed by atoms with Crippen molar-refractivity contribution in [3.63, 3.8) is 0 Å². The van der Waals surface area contributed by atoms with Gasteiger partial charge in [-0.3, -0.25) is 4.90 Å². The van der Waals surface area contributed by atoms with Gasteiger partial charge < -0.3 is 4.74 Å². The number of rotatable bonds is 0. The maximum Gasteiger partial charge on any atom is 0.147 e. The zero-order valence-corrected chi connectivity index (χ0v) is 6.05. The lowest BCUT2D eigenvalue weighted by Gasteiger charge is -2.16. The second kappa shape index (κ2) is 1.50. The van der Waals surface area contributed by atoms with Crippen LogP contribution in [0.25, 0.3) is 0 Å². The molecule has 2 nitrogen and oxygen atoms in total. The summed E-state index contributed by atoms with van der Waals surface area (Å²) in [6.07, 6.45) is 1.30. The first-order valence-corrected chi connectivity index (χ1v) is 3.61. The van der Waals surface area contributed by atoms with Gasteiger partial charge in [0.2, 0.25) is 0 Å². The molecule has 0 N–H and O–H groups in total. The minimum Gasteiger partial charge on any atom is -0.353 e. The molecule has 0 aliphatic carbocycles. The monoisotopic (exact) mass is 127 g/mol. The van der Waals surface area contributed by atoms with E-state index in [1.807, 2.05) is 0 Å². The summed E-state index contributed by atoms with van der Waals surface area (Å²) in [6, 6.07) is 0. The SMILES string of the molecule is CC1CCN(C)C12CO2. The highest BCUT2D eigenvalue weighted by Crippen LogP contribution is 2.44. The number of hydrogen-bond acceptors (Lipinski definition) is 2. The summed E-state index contributed by atoms with van der Waals surface area (Å²) in [5, 5.41) is 0. The predicted octanol–water partition coefficient (Wildman–Crippen LogP) is 0.684. The topological polar surface area (TPSA) is 15.8 Å². The van der Waals surface area contributed by atoms with Crippen LogP contribution in [0, 0.1) is 5.92 Å². The summed E-state index contributed by atoms with van der Waals surface area (Å²) in [7, 11) is 2.15. The van der Waals surface area contributed by atoms with Crippen molar-refractivity contribution in [2.75, 3.05) is 20.2 Å². The lowest BCUT2D eigenvalue weighted by molar-refractivity contribution is 0.118. The molecular weight excluding hydrogens is 114 g/mol. The normalized spacial score (nSPS) is 50.7. The third kappa shape index (κ3) is 0.578.